The second-order valence-corrected chi connectivity index (χ2v) is 9.85. The van der Waals surface area contributed by atoms with Gasteiger partial charge in [-0.25, -0.2) is 8.42 Å². The van der Waals surface area contributed by atoms with E-state index in [1.165, 1.54) is 15.4 Å². The summed E-state index contributed by atoms with van der Waals surface area (Å²) in [5.41, 5.74) is 3.23. The molecule has 1 aliphatic carbocycles. The molecule has 3 aromatic rings. The van der Waals surface area contributed by atoms with E-state index in [0.29, 0.717) is 30.0 Å². The molecule has 1 aliphatic heterocycles. The lowest BCUT2D eigenvalue weighted by Crippen LogP contribution is -2.32. The Hall–Kier alpha value is -2.86. The van der Waals surface area contributed by atoms with Gasteiger partial charge in [0.1, 0.15) is 0 Å². The maximum Gasteiger partial charge on any atom is 0.265 e. The van der Waals surface area contributed by atoms with Crippen molar-refractivity contribution in [3.05, 3.63) is 71.8 Å². The van der Waals surface area contributed by atoms with Gasteiger partial charge in [0.05, 0.1) is 16.6 Å². The van der Waals surface area contributed by atoms with Crippen LogP contribution in [0.1, 0.15) is 42.9 Å². The Morgan fingerprint density at radius 2 is 1.83 bits per heavy atom. The van der Waals surface area contributed by atoms with E-state index in [-0.39, 0.29) is 11.9 Å². The topological polar surface area (TPSA) is 66.5 Å². The van der Waals surface area contributed by atoms with E-state index in [1.807, 2.05) is 36.4 Å². The number of anilines is 1. The van der Waals surface area contributed by atoms with E-state index < -0.39 is 10.0 Å². The number of nitrogens with one attached hydrogen (secondary N) is 1. The second kappa shape index (κ2) is 7.43. The van der Waals surface area contributed by atoms with Gasteiger partial charge in [-0.2, -0.15) is 0 Å². The molecule has 0 saturated carbocycles. The van der Waals surface area contributed by atoms with Gasteiger partial charge in [-0.1, -0.05) is 48.5 Å². The predicted octanol–water partition coefficient (Wildman–Crippen LogP) is 4.32. The van der Waals surface area contributed by atoms with Crippen LogP contribution >= 0.6 is 0 Å². The summed E-state index contributed by atoms with van der Waals surface area (Å²) in [5, 5.41) is 4.85. The number of benzene rings is 3. The Kier molecular flexibility index (Phi) is 4.74. The van der Waals surface area contributed by atoms with Crippen LogP contribution in [0, 0.1) is 0 Å². The van der Waals surface area contributed by atoms with Gasteiger partial charge in [0.2, 0.25) is 5.91 Å². The molecule has 1 amide bonds. The largest absolute Gasteiger partial charge is 0.349 e. The highest BCUT2D eigenvalue weighted by atomic mass is 32.2. The fourth-order valence-corrected chi connectivity index (χ4v) is 6.50. The maximum absolute atomic E-state index is 13.0. The zero-order chi connectivity index (χ0) is 20.7. The molecule has 2 aliphatic rings. The van der Waals surface area contributed by atoms with Crippen LogP contribution in [0.15, 0.2) is 65.6 Å². The first kappa shape index (κ1) is 19.1. The number of rotatable bonds is 5. The van der Waals surface area contributed by atoms with Gasteiger partial charge < -0.3 is 5.32 Å². The fourth-order valence-electron chi connectivity index (χ4n) is 4.75. The molecule has 1 atom stereocenters. The zero-order valence-corrected chi connectivity index (χ0v) is 17.5. The lowest BCUT2D eigenvalue weighted by molar-refractivity contribution is -0.122. The third kappa shape index (κ3) is 3.16. The number of hydrogen-bond donors (Lipinski definition) is 1. The van der Waals surface area contributed by atoms with Crippen LogP contribution in [0.5, 0.6) is 0 Å². The van der Waals surface area contributed by atoms with Crippen molar-refractivity contribution in [1.29, 1.82) is 0 Å². The van der Waals surface area contributed by atoms with Crippen molar-refractivity contribution >= 4 is 32.4 Å². The van der Waals surface area contributed by atoms with Crippen LogP contribution in [0.3, 0.4) is 0 Å². The summed E-state index contributed by atoms with van der Waals surface area (Å²) in [4.78, 5) is 12.9. The number of carbonyl (C=O) groups is 1. The molecule has 0 aromatic heterocycles. The molecule has 5 nitrogen and oxygen atoms in total. The molecule has 0 radical (unpaired) electrons. The summed E-state index contributed by atoms with van der Waals surface area (Å²) in [6, 6.07) is 19.3. The third-order valence-electron chi connectivity index (χ3n) is 6.15. The van der Waals surface area contributed by atoms with Crippen molar-refractivity contribution in [3.8, 4) is 0 Å². The minimum atomic E-state index is -3.56. The Bertz CT molecular complexity index is 1230. The third-order valence-corrected chi connectivity index (χ3v) is 8.01. The van der Waals surface area contributed by atoms with Gasteiger partial charge in [0.15, 0.2) is 0 Å². The minimum absolute atomic E-state index is 0.0241. The average Bonchev–Trinajstić information content (AvgIpc) is 2.97. The molecule has 30 heavy (non-hydrogen) atoms. The Balaban J connectivity index is 1.26. The molecule has 0 bridgehead atoms. The van der Waals surface area contributed by atoms with Crippen molar-refractivity contribution in [2.45, 2.75) is 43.0 Å². The Morgan fingerprint density at radius 3 is 2.70 bits per heavy atom. The van der Waals surface area contributed by atoms with Gasteiger partial charge in [-0.15, -0.1) is 0 Å². The molecule has 6 heteroatoms. The molecular weight excluding hydrogens is 396 g/mol. The Morgan fingerprint density at radius 1 is 1.03 bits per heavy atom. The molecule has 0 spiro atoms. The normalized spacial score (nSPS) is 18.9. The van der Waals surface area contributed by atoms with Gasteiger partial charge in [-0.3, -0.25) is 9.10 Å². The SMILES string of the molecule is O=C(CCCN1c2cccc3cccc(c23)S1(=O)=O)NC1CCCc2ccccc21. The van der Waals surface area contributed by atoms with Gasteiger partial charge in [-0.05, 0) is 54.3 Å². The monoisotopic (exact) mass is 420 g/mol. The van der Waals surface area contributed by atoms with E-state index in [4.69, 9.17) is 0 Å². The van der Waals surface area contributed by atoms with E-state index in [9.17, 15) is 13.2 Å². The van der Waals surface area contributed by atoms with Crippen molar-refractivity contribution in [3.63, 3.8) is 0 Å². The average molecular weight is 421 g/mol. The molecule has 1 N–H and O–H groups in total. The lowest BCUT2D eigenvalue weighted by Gasteiger charge is -2.26. The molecule has 1 unspecified atom stereocenters. The smallest absolute Gasteiger partial charge is 0.265 e. The number of nitrogens with zero attached hydrogens (tertiary/aromatic N) is 1. The van der Waals surface area contributed by atoms with Gasteiger partial charge in [0, 0.05) is 18.4 Å². The molecule has 1 heterocycles. The number of aryl methyl sites for hydroxylation is 1. The first-order chi connectivity index (χ1) is 14.6. The highest BCUT2D eigenvalue weighted by molar-refractivity contribution is 7.93. The number of sulfonamides is 1. The number of hydrogen-bond acceptors (Lipinski definition) is 3. The van der Waals surface area contributed by atoms with Crippen molar-refractivity contribution in [2.24, 2.45) is 0 Å². The van der Waals surface area contributed by atoms with Crippen molar-refractivity contribution in [2.75, 3.05) is 10.8 Å². The zero-order valence-electron chi connectivity index (χ0n) is 16.7. The molecule has 0 saturated heterocycles. The quantitative estimate of drug-likeness (QED) is 0.668. The van der Waals surface area contributed by atoms with Crippen LogP contribution in [0.2, 0.25) is 0 Å². The number of carbonyl (C=O) groups excluding carboxylic acids is 1. The molecule has 5 rings (SSSR count). The summed E-state index contributed by atoms with van der Waals surface area (Å²) in [7, 11) is -3.56. The van der Waals surface area contributed by atoms with Crippen LogP contribution in [0.4, 0.5) is 5.69 Å². The van der Waals surface area contributed by atoms with E-state index >= 15 is 0 Å². The maximum atomic E-state index is 13.0. The molecule has 3 aromatic carbocycles. The summed E-state index contributed by atoms with van der Waals surface area (Å²) in [5.74, 6) is -0.0241. The lowest BCUT2D eigenvalue weighted by atomic mass is 9.87. The van der Waals surface area contributed by atoms with Crippen LogP contribution < -0.4 is 9.62 Å². The predicted molar refractivity (Wildman–Crippen MR) is 118 cm³/mol. The van der Waals surface area contributed by atoms with E-state index in [2.05, 4.69) is 17.4 Å². The van der Waals surface area contributed by atoms with Crippen molar-refractivity contribution in [1.82, 2.24) is 5.32 Å². The fraction of sp³-hybridized carbons (Fsp3) is 0.292. The minimum Gasteiger partial charge on any atom is -0.349 e. The molecule has 154 valence electrons. The summed E-state index contributed by atoms with van der Waals surface area (Å²) < 4.78 is 27.5. The second-order valence-electron chi connectivity index (χ2n) is 8.02. The summed E-state index contributed by atoms with van der Waals surface area (Å²) in [6.45, 7) is 0.296. The summed E-state index contributed by atoms with van der Waals surface area (Å²) >= 11 is 0. The van der Waals surface area contributed by atoms with Gasteiger partial charge in [0.25, 0.3) is 10.0 Å². The molecular formula is C24H24N2O3S. The number of amides is 1. The first-order valence-corrected chi connectivity index (χ1v) is 11.9. The van der Waals surface area contributed by atoms with Crippen LogP contribution in [-0.4, -0.2) is 20.9 Å². The van der Waals surface area contributed by atoms with E-state index in [0.717, 1.165) is 30.0 Å². The first-order valence-electron chi connectivity index (χ1n) is 10.5. The summed E-state index contributed by atoms with van der Waals surface area (Å²) in [6.07, 6.45) is 3.85. The number of fused-ring (bicyclic) bond motifs is 1. The van der Waals surface area contributed by atoms with Crippen LogP contribution in [-0.2, 0) is 21.2 Å². The van der Waals surface area contributed by atoms with Crippen molar-refractivity contribution < 1.29 is 13.2 Å². The highest BCUT2D eigenvalue weighted by Crippen LogP contribution is 2.42. The highest BCUT2D eigenvalue weighted by Gasteiger charge is 2.35. The van der Waals surface area contributed by atoms with Gasteiger partial charge >= 0.3 is 0 Å². The Labute approximate surface area is 176 Å². The van der Waals surface area contributed by atoms with E-state index in [1.54, 1.807) is 12.1 Å². The molecule has 0 fully saturated rings. The van der Waals surface area contributed by atoms with Crippen LogP contribution in [0.25, 0.3) is 10.8 Å². The standard InChI is InChI=1S/C24H24N2O3S/c27-23(25-20-12-3-8-17-7-1-2-11-19(17)20)15-6-16-26-21-13-4-9-18-10-5-14-22(24(18)21)30(26,28)29/h1-2,4-5,7,9-11,13-14,20H,3,6,8,12,15-16H2,(H,25,27).